The fraction of sp³-hybridized carbons (Fsp3) is 0.333. The van der Waals surface area contributed by atoms with E-state index in [2.05, 4.69) is 45.1 Å². The van der Waals surface area contributed by atoms with E-state index in [4.69, 9.17) is 0 Å². The first kappa shape index (κ1) is 11.3. The minimum absolute atomic E-state index is 0.414. The van der Waals surface area contributed by atoms with Gasteiger partial charge in [0, 0.05) is 15.9 Å². The molecular weight excluding hydrogens is 266 g/mol. The van der Waals surface area contributed by atoms with Gasteiger partial charge in [-0.25, -0.2) is 9.97 Å². The summed E-state index contributed by atoms with van der Waals surface area (Å²) in [7, 11) is 0. The Labute approximate surface area is 103 Å². The summed E-state index contributed by atoms with van der Waals surface area (Å²) in [6.45, 7) is 4.29. The van der Waals surface area contributed by atoms with Crippen LogP contribution >= 0.6 is 15.9 Å². The number of nitrogens with zero attached hydrogens (tertiary/aromatic N) is 2. The summed E-state index contributed by atoms with van der Waals surface area (Å²) >= 11 is 3.50. The van der Waals surface area contributed by atoms with Crippen molar-refractivity contribution >= 4 is 32.7 Å². The molecule has 4 heteroatoms. The first-order chi connectivity index (χ1) is 7.72. The van der Waals surface area contributed by atoms with E-state index >= 15 is 0 Å². The van der Waals surface area contributed by atoms with Crippen LogP contribution in [-0.4, -0.2) is 16.0 Å². The monoisotopic (exact) mass is 279 g/mol. The molecule has 1 unspecified atom stereocenters. The maximum absolute atomic E-state index is 4.29. The van der Waals surface area contributed by atoms with Gasteiger partial charge in [0.2, 0.25) is 0 Å². The van der Waals surface area contributed by atoms with Crippen molar-refractivity contribution in [3.05, 3.63) is 29.0 Å². The summed E-state index contributed by atoms with van der Waals surface area (Å²) in [4.78, 5) is 8.57. The second kappa shape index (κ2) is 4.78. The maximum atomic E-state index is 4.29. The molecule has 1 N–H and O–H groups in total. The van der Waals surface area contributed by atoms with Crippen LogP contribution in [0.4, 0.5) is 5.82 Å². The van der Waals surface area contributed by atoms with E-state index in [0.717, 1.165) is 27.6 Å². The molecule has 0 saturated carbocycles. The van der Waals surface area contributed by atoms with Crippen LogP contribution in [-0.2, 0) is 0 Å². The highest BCUT2D eigenvalue weighted by molar-refractivity contribution is 9.10. The number of anilines is 1. The highest BCUT2D eigenvalue weighted by Gasteiger charge is 2.07. The Balaban J connectivity index is 2.50. The van der Waals surface area contributed by atoms with E-state index in [1.165, 1.54) is 0 Å². The van der Waals surface area contributed by atoms with Crippen LogP contribution in [0.5, 0.6) is 0 Å². The molecule has 0 aliphatic rings. The second-order valence-electron chi connectivity index (χ2n) is 3.81. The molecule has 2 aromatic rings. The molecule has 1 atom stereocenters. The molecule has 0 fully saturated rings. The van der Waals surface area contributed by atoms with Crippen molar-refractivity contribution in [3.8, 4) is 0 Å². The number of para-hydroxylation sites is 1. The standard InChI is InChI=1S/C12H14BrN3/c1-3-8(2)16-12-9-5-4-6-10(13)11(9)14-7-15-12/h4-8H,3H2,1-2H3,(H,14,15,16). The van der Waals surface area contributed by atoms with Gasteiger partial charge in [0.25, 0.3) is 0 Å². The van der Waals surface area contributed by atoms with Crippen molar-refractivity contribution in [1.29, 1.82) is 0 Å². The van der Waals surface area contributed by atoms with Crippen LogP contribution < -0.4 is 5.32 Å². The molecule has 3 nitrogen and oxygen atoms in total. The minimum atomic E-state index is 0.414. The van der Waals surface area contributed by atoms with Crippen LogP contribution in [0, 0.1) is 0 Å². The lowest BCUT2D eigenvalue weighted by Gasteiger charge is -2.13. The van der Waals surface area contributed by atoms with E-state index in [-0.39, 0.29) is 0 Å². The van der Waals surface area contributed by atoms with E-state index in [1.54, 1.807) is 6.33 Å². The van der Waals surface area contributed by atoms with Gasteiger partial charge in [0.1, 0.15) is 12.1 Å². The molecule has 0 saturated heterocycles. The average molecular weight is 280 g/mol. The lowest BCUT2D eigenvalue weighted by molar-refractivity contribution is 0.760. The Bertz CT molecular complexity index is 499. The molecule has 84 valence electrons. The number of nitrogens with one attached hydrogen (secondary N) is 1. The Morgan fingerprint density at radius 1 is 1.38 bits per heavy atom. The molecule has 0 aliphatic heterocycles. The van der Waals surface area contributed by atoms with Crippen molar-refractivity contribution in [3.63, 3.8) is 0 Å². The maximum Gasteiger partial charge on any atom is 0.137 e. The van der Waals surface area contributed by atoms with Crippen LogP contribution in [0.2, 0.25) is 0 Å². The molecule has 0 radical (unpaired) electrons. The number of fused-ring (bicyclic) bond motifs is 1. The van der Waals surface area contributed by atoms with Gasteiger partial charge in [-0.15, -0.1) is 0 Å². The summed E-state index contributed by atoms with van der Waals surface area (Å²) < 4.78 is 1.000. The van der Waals surface area contributed by atoms with Crippen LogP contribution in [0.1, 0.15) is 20.3 Å². The predicted octanol–water partition coefficient (Wildman–Crippen LogP) is 3.60. The topological polar surface area (TPSA) is 37.8 Å². The third kappa shape index (κ3) is 2.16. The van der Waals surface area contributed by atoms with E-state index in [9.17, 15) is 0 Å². The fourth-order valence-electron chi connectivity index (χ4n) is 1.50. The number of benzene rings is 1. The van der Waals surface area contributed by atoms with E-state index in [1.807, 2.05) is 18.2 Å². The van der Waals surface area contributed by atoms with Gasteiger partial charge >= 0.3 is 0 Å². The summed E-state index contributed by atoms with van der Waals surface area (Å²) in [5.41, 5.74) is 0.948. The number of aromatic nitrogens is 2. The molecule has 0 amide bonds. The van der Waals surface area contributed by atoms with Crippen LogP contribution in [0.25, 0.3) is 10.9 Å². The average Bonchev–Trinajstić information content (AvgIpc) is 2.30. The van der Waals surface area contributed by atoms with Gasteiger partial charge in [0.15, 0.2) is 0 Å². The molecule has 0 aliphatic carbocycles. The van der Waals surface area contributed by atoms with Gasteiger partial charge in [-0.05, 0) is 41.4 Å². The van der Waals surface area contributed by atoms with Crippen LogP contribution in [0.15, 0.2) is 29.0 Å². The molecule has 2 rings (SSSR count). The molecule has 1 aromatic heterocycles. The fourth-order valence-corrected chi connectivity index (χ4v) is 1.97. The number of hydrogen-bond donors (Lipinski definition) is 1. The lowest BCUT2D eigenvalue weighted by Crippen LogP contribution is -2.14. The summed E-state index contributed by atoms with van der Waals surface area (Å²) in [5.74, 6) is 0.903. The van der Waals surface area contributed by atoms with Crippen molar-refractivity contribution in [2.75, 3.05) is 5.32 Å². The predicted molar refractivity (Wildman–Crippen MR) is 70.6 cm³/mol. The van der Waals surface area contributed by atoms with E-state index < -0.39 is 0 Å². The molecule has 1 aromatic carbocycles. The zero-order valence-electron chi connectivity index (χ0n) is 9.37. The summed E-state index contributed by atoms with van der Waals surface area (Å²) in [6, 6.07) is 6.43. The minimum Gasteiger partial charge on any atom is -0.367 e. The first-order valence-electron chi connectivity index (χ1n) is 5.38. The lowest BCUT2D eigenvalue weighted by atomic mass is 10.2. The highest BCUT2D eigenvalue weighted by Crippen LogP contribution is 2.26. The third-order valence-corrected chi connectivity index (χ3v) is 3.25. The Morgan fingerprint density at radius 2 is 2.19 bits per heavy atom. The van der Waals surface area contributed by atoms with Gasteiger partial charge in [0.05, 0.1) is 5.52 Å². The zero-order valence-corrected chi connectivity index (χ0v) is 11.0. The van der Waals surface area contributed by atoms with Gasteiger partial charge < -0.3 is 5.32 Å². The van der Waals surface area contributed by atoms with Gasteiger partial charge in [-0.3, -0.25) is 0 Å². The molecule has 0 spiro atoms. The number of rotatable bonds is 3. The Kier molecular flexibility index (Phi) is 3.39. The van der Waals surface area contributed by atoms with E-state index in [0.29, 0.717) is 6.04 Å². The van der Waals surface area contributed by atoms with Gasteiger partial charge in [-0.1, -0.05) is 13.0 Å². The van der Waals surface area contributed by atoms with Crippen molar-refractivity contribution in [2.24, 2.45) is 0 Å². The Hall–Kier alpha value is -1.16. The molecule has 1 heterocycles. The third-order valence-electron chi connectivity index (χ3n) is 2.61. The van der Waals surface area contributed by atoms with Gasteiger partial charge in [-0.2, -0.15) is 0 Å². The zero-order chi connectivity index (χ0) is 11.5. The van der Waals surface area contributed by atoms with Crippen molar-refractivity contribution in [2.45, 2.75) is 26.3 Å². The quantitative estimate of drug-likeness (QED) is 0.933. The summed E-state index contributed by atoms with van der Waals surface area (Å²) in [5, 5.41) is 4.44. The van der Waals surface area contributed by atoms with Crippen molar-refractivity contribution in [1.82, 2.24) is 9.97 Å². The molecule has 16 heavy (non-hydrogen) atoms. The molecule has 0 bridgehead atoms. The SMILES string of the molecule is CCC(C)Nc1ncnc2c(Br)cccc12. The Morgan fingerprint density at radius 3 is 2.94 bits per heavy atom. The molecular formula is C12H14BrN3. The van der Waals surface area contributed by atoms with Crippen molar-refractivity contribution < 1.29 is 0 Å². The largest absolute Gasteiger partial charge is 0.367 e. The first-order valence-corrected chi connectivity index (χ1v) is 6.17. The number of hydrogen-bond acceptors (Lipinski definition) is 3. The normalized spacial score (nSPS) is 12.7. The second-order valence-corrected chi connectivity index (χ2v) is 4.67. The smallest absolute Gasteiger partial charge is 0.137 e. The van der Waals surface area contributed by atoms with Crippen LogP contribution in [0.3, 0.4) is 0 Å². The summed E-state index contributed by atoms with van der Waals surface area (Å²) in [6.07, 6.45) is 2.66. The number of halogens is 1. The highest BCUT2D eigenvalue weighted by atomic mass is 79.9.